The third kappa shape index (κ3) is 4.05. The molecule has 1 nitrogen and oxygen atoms in total. The summed E-state index contributed by atoms with van der Waals surface area (Å²) in [5.74, 6) is 0. The van der Waals surface area contributed by atoms with E-state index in [9.17, 15) is 17.8 Å². The molecule has 0 saturated heterocycles. The van der Waals surface area contributed by atoms with Crippen LogP contribution in [0.5, 0.6) is 0 Å². The number of benzene rings is 9. The maximum Gasteiger partial charge on any atom is 0.143 e. The molecule has 11 rings (SSSR count). The van der Waals surface area contributed by atoms with Crippen LogP contribution >= 0.6 is 0 Å². The second-order valence-corrected chi connectivity index (χ2v) is 12.1. The molecule has 1 unspecified atom stereocenters. The van der Waals surface area contributed by atoms with Crippen molar-refractivity contribution in [1.29, 1.82) is 0 Å². The predicted octanol–water partition coefficient (Wildman–Crippen LogP) is 14.4. The van der Waals surface area contributed by atoms with Gasteiger partial charge in [0.25, 0.3) is 0 Å². The molecule has 0 aliphatic heterocycles. The molecule has 10 aromatic rings. The van der Waals surface area contributed by atoms with Crippen LogP contribution in [0.2, 0.25) is 0 Å². The maximum absolute atomic E-state index is 10.0. The Balaban J connectivity index is 1.40. The van der Waals surface area contributed by atoms with Gasteiger partial charge >= 0.3 is 0 Å². The Morgan fingerprint density at radius 1 is 0.462 bits per heavy atom. The van der Waals surface area contributed by atoms with Gasteiger partial charge in [-0.05, 0) is 107 Å². The van der Waals surface area contributed by atoms with E-state index < -0.39 is 291 Å². The molecule has 1 aliphatic carbocycles. The lowest BCUT2D eigenvalue weighted by Gasteiger charge is -2.21. The fraction of sp³-hybridized carbons (Fsp3) is 0.0588. The number of hydrogen-bond acceptors (Lipinski definition) is 1. The largest absolute Gasteiger partial charge is 0.455 e. The summed E-state index contributed by atoms with van der Waals surface area (Å²) in [5, 5.41) is -5.35. The van der Waals surface area contributed by atoms with Crippen LogP contribution in [0.4, 0.5) is 0 Å². The number of rotatable bonds is 3. The summed E-state index contributed by atoms with van der Waals surface area (Å²) in [5.41, 5.74) is -11.3. The molecule has 1 heterocycles. The summed E-state index contributed by atoms with van der Waals surface area (Å²) in [4.78, 5) is 0. The first-order valence-corrected chi connectivity index (χ1v) is 15.7. The Labute approximate surface area is 346 Å². The topological polar surface area (TPSA) is 13.1 Å². The van der Waals surface area contributed by atoms with Gasteiger partial charge in [-0.2, -0.15) is 0 Å². The van der Waals surface area contributed by atoms with E-state index in [4.69, 9.17) is 29.1 Å². The average Bonchev–Trinajstić information content (AvgIpc) is 1.72. The highest BCUT2D eigenvalue weighted by Gasteiger charge is 2.35. The lowest BCUT2D eigenvalue weighted by atomic mass is 9.82. The first-order chi connectivity index (χ1) is 38.5. The maximum atomic E-state index is 10.0. The minimum absolute atomic E-state index is 0.487. The van der Waals surface area contributed by atoms with Crippen LogP contribution in [0.1, 0.15) is 67.4 Å². The summed E-state index contributed by atoms with van der Waals surface area (Å²) >= 11 is 0. The van der Waals surface area contributed by atoms with Crippen molar-refractivity contribution in [2.24, 2.45) is 0 Å². The Kier molecular flexibility index (Phi) is 2.50. The van der Waals surface area contributed by atoms with Crippen LogP contribution in [0, 0.1) is 0 Å². The van der Waals surface area contributed by atoms with E-state index in [1.165, 1.54) is 0 Å². The van der Waals surface area contributed by atoms with Crippen molar-refractivity contribution >= 4 is 54.3 Å². The zero-order valence-corrected chi connectivity index (χ0v) is 26.4. The van der Waals surface area contributed by atoms with Crippen molar-refractivity contribution in [3.05, 3.63) is 180 Å². The van der Waals surface area contributed by atoms with Gasteiger partial charge in [-0.3, -0.25) is 0 Å². The minimum atomic E-state index is -3.24. The van der Waals surface area contributed by atoms with Gasteiger partial charge in [-0.25, -0.2) is 0 Å². The molecule has 1 heteroatoms. The van der Waals surface area contributed by atoms with Gasteiger partial charge in [-0.1, -0.05) is 159 Å². The summed E-state index contributed by atoms with van der Waals surface area (Å²) in [7, 11) is 0. The van der Waals surface area contributed by atoms with Crippen LogP contribution in [0.15, 0.2) is 174 Å². The summed E-state index contributed by atoms with van der Waals surface area (Å²) < 4.78 is 289. The smallest absolute Gasteiger partial charge is 0.143 e. The Hall–Kier alpha value is -6.44. The molecule has 1 aromatic heterocycles. The summed E-state index contributed by atoms with van der Waals surface area (Å²) in [6, 6.07) is -27.2. The van der Waals surface area contributed by atoms with Crippen molar-refractivity contribution in [3.63, 3.8) is 0 Å². The fourth-order valence-electron chi connectivity index (χ4n) is 6.97. The van der Waals surface area contributed by atoms with Gasteiger partial charge in [0, 0.05) is 25.7 Å². The lowest BCUT2D eigenvalue weighted by molar-refractivity contribution is 0.660. The highest BCUT2D eigenvalue weighted by molar-refractivity contribution is 6.27. The second kappa shape index (κ2) is 10.8. The monoisotopic (exact) mass is 693 g/mol. The van der Waals surface area contributed by atoms with Crippen LogP contribution in [0.25, 0.3) is 98.8 Å². The zero-order chi connectivity index (χ0) is 61.4. The molecule has 0 fully saturated rings. The van der Waals surface area contributed by atoms with Crippen molar-refractivity contribution in [3.8, 4) is 44.5 Å². The molecule has 9 aromatic carbocycles. The van der Waals surface area contributed by atoms with E-state index in [1.54, 1.807) is 0 Å². The van der Waals surface area contributed by atoms with E-state index in [2.05, 4.69) is 0 Å². The molecule has 0 amide bonds. The van der Waals surface area contributed by atoms with E-state index in [0.717, 1.165) is 6.92 Å². The van der Waals surface area contributed by atoms with Crippen LogP contribution in [-0.4, -0.2) is 0 Å². The summed E-state index contributed by atoms with van der Waals surface area (Å²) in [6.07, 6.45) is 0. The fourth-order valence-corrected chi connectivity index (χ4v) is 6.97. The normalized spacial score (nSPS) is 23.8. The third-order valence-corrected chi connectivity index (χ3v) is 9.25. The van der Waals surface area contributed by atoms with E-state index in [-0.39, 0.29) is 0 Å². The van der Waals surface area contributed by atoms with Crippen molar-refractivity contribution in [1.82, 2.24) is 0 Å². The van der Waals surface area contributed by atoms with Crippen LogP contribution < -0.4 is 0 Å². The molecule has 1 atom stereocenters. The van der Waals surface area contributed by atoms with E-state index in [0.29, 0.717) is 0 Å². The standard InChI is InChI=1S/C51H34O/c1-51(2)44-23-10-9-17-36(44)43-30-33(26-28-45(43)51)32-14-11-15-34(29-32)47-37-18-5-7-20-39(37)48(40-21-8-6-19-38(40)47)41-22-12-24-46-49(41)42-27-25-31-13-3-4-16-35(31)50(42)52-46/h3-30H,1-2H3/i1D3,3D,4D,5D,6D,7D,8D,9D,10D,11D,12D,13D,14D,15D,16D,17D,18D,19D,20D,21D,22D,23D,24D,25D,26D,27D,28D,29D,30D. The molecule has 0 N–H and O–H groups in total. The van der Waals surface area contributed by atoms with Crippen molar-refractivity contribution in [2.45, 2.75) is 19.2 Å². The Morgan fingerprint density at radius 2 is 1.08 bits per heavy atom. The lowest BCUT2D eigenvalue weighted by Crippen LogP contribution is -2.14. The van der Waals surface area contributed by atoms with Crippen LogP contribution in [-0.2, 0) is 5.41 Å². The van der Waals surface area contributed by atoms with E-state index >= 15 is 0 Å². The van der Waals surface area contributed by atoms with Gasteiger partial charge in [0.05, 0.1) is 38.4 Å². The number of furan rings is 1. The number of hydrogen-bond donors (Lipinski definition) is 0. The van der Waals surface area contributed by atoms with Gasteiger partial charge in [0.15, 0.2) is 0 Å². The number of fused-ring (bicyclic) bond motifs is 10. The molecule has 0 radical (unpaired) electrons. The van der Waals surface area contributed by atoms with Gasteiger partial charge in [0.2, 0.25) is 0 Å². The van der Waals surface area contributed by atoms with Crippen molar-refractivity contribution in [2.75, 3.05) is 0 Å². The Morgan fingerprint density at radius 3 is 1.87 bits per heavy atom. The highest BCUT2D eigenvalue weighted by atomic mass is 16.3. The first kappa shape index (κ1) is 12.1. The Bertz CT molecular complexity index is 4740. The minimum Gasteiger partial charge on any atom is -0.455 e. The van der Waals surface area contributed by atoms with Gasteiger partial charge in [-0.15, -0.1) is 0 Å². The zero-order valence-electron chi connectivity index (χ0n) is 57.4. The molecular weight excluding hydrogens is 629 g/mol. The van der Waals surface area contributed by atoms with Crippen LogP contribution in [0.3, 0.4) is 0 Å². The van der Waals surface area contributed by atoms with Gasteiger partial charge in [0.1, 0.15) is 11.2 Å². The van der Waals surface area contributed by atoms with E-state index in [1.807, 2.05) is 0 Å². The molecule has 0 bridgehead atoms. The molecule has 0 saturated carbocycles. The molecule has 0 spiro atoms. The SMILES string of the molecule is [2H]c1c([2H])c(-c2c([2H])c([2H])c3c(c2[2H])-c2c([2H])c([2H])c([2H])c([2H])c2C3(C)C([2H])([2H])[2H])c([2H])c(-c2c3c([2H])c([2H])c([2H])c([2H])c3c(-c3c([2H])c([2H])c([2H])c4oc5c6c([2H])c([2H])c([2H])c([2H])c6c([2H])c([2H])c5c34)c3c([2H])c([2H])c([2H])c([2H])c23)c1[2H]. The first-order valence-electron chi connectivity index (χ1n) is 31.2. The average molecular weight is 694 g/mol. The predicted molar refractivity (Wildman–Crippen MR) is 220 cm³/mol. The molecule has 52 heavy (non-hydrogen) atoms. The molecule has 244 valence electrons. The third-order valence-electron chi connectivity index (χ3n) is 9.25. The molecule has 1 aliphatic rings. The van der Waals surface area contributed by atoms with Gasteiger partial charge < -0.3 is 4.42 Å². The summed E-state index contributed by atoms with van der Waals surface area (Å²) in [6.45, 7) is -2.19. The highest BCUT2D eigenvalue weighted by Crippen LogP contribution is 2.51. The molecular formula is C51H34O. The quantitative estimate of drug-likeness (QED) is 0.168. The second-order valence-electron chi connectivity index (χ2n) is 12.1. The van der Waals surface area contributed by atoms with Crippen molar-refractivity contribution < 1.29 is 46.9 Å².